The molecule has 1 N–H and O–H groups in total. The van der Waals surface area contributed by atoms with Gasteiger partial charge in [-0.05, 0) is 65.8 Å². The first kappa shape index (κ1) is 25.4. The van der Waals surface area contributed by atoms with Crippen molar-refractivity contribution in [3.8, 4) is 5.75 Å². The molecule has 0 fully saturated rings. The summed E-state index contributed by atoms with van der Waals surface area (Å²) in [6.45, 7) is 7.00. The fourth-order valence-corrected chi connectivity index (χ4v) is 4.53. The van der Waals surface area contributed by atoms with Crippen LogP contribution in [0.4, 0.5) is 4.39 Å². The Morgan fingerprint density at radius 2 is 1.78 bits per heavy atom. The molecule has 0 saturated heterocycles. The molecule has 0 bridgehead atoms. The summed E-state index contributed by atoms with van der Waals surface area (Å²) in [6.07, 6.45) is 1.28. The molecule has 0 radical (unpaired) electrons. The van der Waals surface area contributed by atoms with Crippen LogP contribution in [0.1, 0.15) is 54.1 Å². The van der Waals surface area contributed by atoms with E-state index < -0.39 is 0 Å². The molecule has 4 rings (SSSR count). The first-order valence-electron chi connectivity index (χ1n) is 12.4. The molecule has 1 aliphatic heterocycles. The highest BCUT2D eigenvalue weighted by molar-refractivity contribution is 5.78. The molecule has 36 heavy (non-hydrogen) atoms. The third-order valence-electron chi connectivity index (χ3n) is 6.41. The molecule has 0 aliphatic carbocycles. The minimum atomic E-state index is -0.311. The highest BCUT2D eigenvalue weighted by atomic mass is 19.1. The average molecular weight is 489 g/mol. The number of halogens is 1. The maximum absolute atomic E-state index is 13.2. The highest BCUT2D eigenvalue weighted by Crippen LogP contribution is 2.38. The number of fused-ring (bicyclic) bond motifs is 1. The number of hydrogen-bond donors (Lipinski definition) is 1. The molecule has 1 atom stereocenters. The number of carbonyl (C=O) groups is 2. The van der Waals surface area contributed by atoms with Crippen molar-refractivity contribution in [2.24, 2.45) is 5.92 Å². The van der Waals surface area contributed by atoms with Crippen molar-refractivity contribution in [2.75, 3.05) is 13.2 Å². The summed E-state index contributed by atoms with van der Waals surface area (Å²) in [5.41, 5.74) is 5.26. The first-order chi connectivity index (χ1) is 17.3. The Morgan fingerprint density at radius 1 is 1.06 bits per heavy atom. The molecule has 2 amide bonds. The van der Waals surface area contributed by atoms with E-state index in [9.17, 15) is 14.0 Å². The van der Waals surface area contributed by atoms with Crippen LogP contribution in [0.2, 0.25) is 0 Å². The van der Waals surface area contributed by atoms with Gasteiger partial charge in [-0.25, -0.2) is 4.39 Å². The quantitative estimate of drug-likeness (QED) is 0.465. The van der Waals surface area contributed by atoms with Crippen LogP contribution >= 0.6 is 0 Å². The number of rotatable bonds is 8. The zero-order chi connectivity index (χ0) is 25.7. The number of benzene rings is 3. The maximum Gasteiger partial charge on any atom is 0.258 e. The molecule has 3 aromatic carbocycles. The van der Waals surface area contributed by atoms with Gasteiger partial charge in [0.1, 0.15) is 11.6 Å². The van der Waals surface area contributed by atoms with Gasteiger partial charge in [0.05, 0.1) is 6.04 Å². The van der Waals surface area contributed by atoms with Gasteiger partial charge in [-0.2, -0.15) is 0 Å². The van der Waals surface area contributed by atoms with E-state index in [1.165, 1.54) is 23.3 Å². The van der Waals surface area contributed by atoms with Crippen LogP contribution in [0.25, 0.3) is 0 Å². The summed E-state index contributed by atoms with van der Waals surface area (Å²) in [4.78, 5) is 27.5. The summed E-state index contributed by atoms with van der Waals surface area (Å²) in [5, 5.41) is 2.79. The van der Waals surface area contributed by atoms with E-state index in [-0.39, 0.29) is 36.2 Å². The Hall–Kier alpha value is -3.67. The van der Waals surface area contributed by atoms with E-state index in [1.807, 2.05) is 30.0 Å². The second kappa shape index (κ2) is 11.4. The Morgan fingerprint density at radius 3 is 2.47 bits per heavy atom. The zero-order valence-corrected chi connectivity index (χ0v) is 21.1. The van der Waals surface area contributed by atoms with Gasteiger partial charge in [-0.3, -0.25) is 9.59 Å². The van der Waals surface area contributed by atoms with Gasteiger partial charge in [0.15, 0.2) is 6.61 Å². The van der Waals surface area contributed by atoms with Crippen LogP contribution in [0.5, 0.6) is 5.75 Å². The van der Waals surface area contributed by atoms with Crippen LogP contribution in [0, 0.1) is 18.7 Å². The molecule has 188 valence electrons. The highest BCUT2D eigenvalue weighted by Gasteiger charge is 2.32. The van der Waals surface area contributed by atoms with Crippen molar-refractivity contribution < 1.29 is 18.7 Å². The van der Waals surface area contributed by atoms with Crippen molar-refractivity contribution >= 4 is 11.8 Å². The van der Waals surface area contributed by atoms with Gasteiger partial charge in [-0.1, -0.05) is 61.9 Å². The van der Waals surface area contributed by atoms with Gasteiger partial charge in [0.2, 0.25) is 5.91 Å². The number of hydrogen-bond acceptors (Lipinski definition) is 3. The summed E-state index contributed by atoms with van der Waals surface area (Å²) in [5.74, 6) is 0.435. The molecule has 6 heteroatoms. The summed E-state index contributed by atoms with van der Waals surface area (Å²) < 4.78 is 18.9. The van der Waals surface area contributed by atoms with Crippen LogP contribution < -0.4 is 10.1 Å². The topological polar surface area (TPSA) is 58.6 Å². The van der Waals surface area contributed by atoms with Gasteiger partial charge in [-0.15, -0.1) is 0 Å². The van der Waals surface area contributed by atoms with Gasteiger partial charge in [0.25, 0.3) is 5.91 Å². The average Bonchev–Trinajstić information content (AvgIpc) is 2.86. The van der Waals surface area contributed by atoms with Crippen LogP contribution in [-0.4, -0.2) is 29.9 Å². The van der Waals surface area contributed by atoms with E-state index in [4.69, 9.17) is 4.74 Å². The van der Waals surface area contributed by atoms with E-state index in [0.29, 0.717) is 25.3 Å². The second-order valence-corrected chi connectivity index (χ2v) is 9.80. The minimum Gasteiger partial charge on any atom is -0.484 e. The summed E-state index contributed by atoms with van der Waals surface area (Å²) in [7, 11) is 0. The van der Waals surface area contributed by atoms with Gasteiger partial charge < -0.3 is 15.0 Å². The van der Waals surface area contributed by atoms with E-state index in [0.717, 1.165) is 23.1 Å². The lowest BCUT2D eigenvalue weighted by Gasteiger charge is -2.38. The molecule has 1 aliphatic rings. The maximum atomic E-state index is 13.2. The van der Waals surface area contributed by atoms with Crippen LogP contribution in [-0.2, 0) is 22.6 Å². The fourth-order valence-electron chi connectivity index (χ4n) is 4.53. The number of ether oxygens (including phenoxy) is 1. The molecule has 5 nitrogen and oxygen atoms in total. The number of nitrogens with zero attached hydrogens (tertiary/aromatic N) is 1. The predicted molar refractivity (Wildman–Crippen MR) is 138 cm³/mol. The lowest BCUT2D eigenvalue weighted by Crippen LogP contribution is -2.41. The summed E-state index contributed by atoms with van der Waals surface area (Å²) in [6, 6.07) is 20.0. The Kier molecular flexibility index (Phi) is 8.04. The second-order valence-electron chi connectivity index (χ2n) is 9.80. The third-order valence-corrected chi connectivity index (χ3v) is 6.41. The minimum absolute atomic E-state index is 0.134. The number of aryl methyl sites for hydroxylation is 1. The van der Waals surface area contributed by atoms with E-state index in [1.54, 1.807) is 12.1 Å². The molecular formula is C30H33FN2O3. The van der Waals surface area contributed by atoms with E-state index in [2.05, 4.69) is 43.4 Å². The number of amides is 2. The summed E-state index contributed by atoms with van der Waals surface area (Å²) >= 11 is 0. The predicted octanol–water partition coefficient (Wildman–Crippen LogP) is 5.35. The van der Waals surface area contributed by atoms with Gasteiger partial charge >= 0.3 is 0 Å². The van der Waals surface area contributed by atoms with Crippen molar-refractivity contribution in [2.45, 2.75) is 46.2 Å². The van der Waals surface area contributed by atoms with Gasteiger partial charge in [0, 0.05) is 19.5 Å². The van der Waals surface area contributed by atoms with Crippen molar-refractivity contribution in [3.05, 3.63) is 100 Å². The Labute approximate surface area is 212 Å². The molecule has 0 aromatic heterocycles. The monoisotopic (exact) mass is 488 g/mol. The Balaban J connectivity index is 1.50. The fraction of sp³-hybridized carbons (Fsp3) is 0.333. The number of carbonyl (C=O) groups excluding carboxylic acids is 2. The normalized spacial score (nSPS) is 14.9. The molecule has 0 saturated carbocycles. The molecule has 3 aromatic rings. The third kappa shape index (κ3) is 6.30. The smallest absolute Gasteiger partial charge is 0.258 e. The SMILES string of the molecule is Cc1ccc([C@H]2c3cc(OCC(=O)NCc4ccc(F)cc4)ccc3CCN2C(=O)CC(C)C)cc1. The van der Waals surface area contributed by atoms with Crippen molar-refractivity contribution in [3.63, 3.8) is 0 Å². The standard InChI is InChI=1S/C30H33FN2O3/c1-20(2)16-29(35)33-15-14-23-10-13-26(17-27(23)30(33)24-8-4-21(3)5-9-24)36-19-28(34)32-18-22-6-11-25(31)12-7-22/h4-13,17,20,30H,14-16,18-19H2,1-3H3,(H,32,34)/t30-/m0/s1. The largest absolute Gasteiger partial charge is 0.484 e. The van der Waals surface area contributed by atoms with E-state index >= 15 is 0 Å². The van der Waals surface area contributed by atoms with Crippen molar-refractivity contribution in [1.29, 1.82) is 0 Å². The molecule has 0 spiro atoms. The molecule has 1 heterocycles. The molecule has 0 unspecified atom stereocenters. The zero-order valence-electron chi connectivity index (χ0n) is 21.1. The number of nitrogens with one attached hydrogen (secondary N) is 1. The lowest BCUT2D eigenvalue weighted by atomic mass is 9.87. The first-order valence-corrected chi connectivity index (χ1v) is 12.4. The van der Waals surface area contributed by atoms with Crippen molar-refractivity contribution in [1.82, 2.24) is 10.2 Å². The van der Waals surface area contributed by atoms with Crippen LogP contribution in [0.3, 0.4) is 0 Å². The van der Waals surface area contributed by atoms with Crippen LogP contribution in [0.15, 0.2) is 66.7 Å². The Bertz CT molecular complexity index is 1210. The lowest BCUT2D eigenvalue weighted by molar-refractivity contribution is -0.134. The molecular weight excluding hydrogens is 455 g/mol.